The van der Waals surface area contributed by atoms with Gasteiger partial charge in [0.15, 0.2) is 0 Å². The molecule has 0 aliphatic carbocycles. The molecule has 0 radical (unpaired) electrons. The molecule has 5 nitrogen and oxygen atoms in total. The Labute approximate surface area is 84.2 Å². The third-order valence-electron chi connectivity index (χ3n) is 2.21. The number of nitrogens with two attached hydrogens (primary N) is 1. The summed E-state index contributed by atoms with van der Waals surface area (Å²) in [5.74, 6) is 6.43. The molecule has 1 rings (SSSR count). The van der Waals surface area contributed by atoms with Crippen LogP contribution in [0.5, 0.6) is 0 Å². The summed E-state index contributed by atoms with van der Waals surface area (Å²) < 4.78 is 7.08. The molecule has 0 aromatic carbocycles. The highest BCUT2D eigenvalue weighted by atomic mass is 16.5. The highest BCUT2D eigenvalue weighted by Crippen LogP contribution is 2.13. The number of nitrogens with zero attached hydrogens (tertiary/aromatic N) is 2. The van der Waals surface area contributed by atoms with Gasteiger partial charge in [0.1, 0.15) is 5.82 Å². The summed E-state index contributed by atoms with van der Waals surface area (Å²) in [6.07, 6.45) is 4.56. The van der Waals surface area contributed by atoms with Gasteiger partial charge < -0.3 is 9.30 Å². The second kappa shape index (κ2) is 5.74. The van der Waals surface area contributed by atoms with Crippen LogP contribution in [0.2, 0.25) is 0 Å². The fourth-order valence-corrected chi connectivity index (χ4v) is 1.42. The molecule has 0 bridgehead atoms. The zero-order valence-electron chi connectivity index (χ0n) is 8.73. The smallest absolute Gasteiger partial charge is 0.127 e. The third-order valence-corrected chi connectivity index (χ3v) is 2.21. The van der Waals surface area contributed by atoms with Gasteiger partial charge in [0, 0.05) is 32.7 Å². The van der Waals surface area contributed by atoms with E-state index in [0.29, 0.717) is 6.61 Å². The minimum Gasteiger partial charge on any atom is -0.385 e. The second-order valence-electron chi connectivity index (χ2n) is 3.07. The van der Waals surface area contributed by atoms with E-state index in [1.807, 2.05) is 6.20 Å². The Balaban J connectivity index is 2.67. The van der Waals surface area contributed by atoms with E-state index in [0.717, 1.165) is 18.8 Å². The minimum absolute atomic E-state index is 0.0601. The molecular weight excluding hydrogens is 180 g/mol. The molecular formula is C9H18N4O. The normalized spacial score (nSPS) is 13.1. The topological polar surface area (TPSA) is 65.1 Å². The van der Waals surface area contributed by atoms with E-state index in [2.05, 4.69) is 21.9 Å². The summed E-state index contributed by atoms with van der Waals surface area (Å²) >= 11 is 0. The standard InChI is InChI=1S/C9H18N4O/c1-3-13-6-5-11-9(13)8(12-10)4-7-14-2/h5-6,8,12H,3-4,7,10H2,1-2H3. The van der Waals surface area contributed by atoms with E-state index < -0.39 is 0 Å². The van der Waals surface area contributed by atoms with Crippen molar-refractivity contribution in [2.45, 2.75) is 25.9 Å². The Bertz CT molecular complexity index is 261. The second-order valence-corrected chi connectivity index (χ2v) is 3.07. The number of hydrogen-bond acceptors (Lipinski definition) is 4. The van der Waals surface area contributed by atoms with Gasteiger partial charge >= 0.3 is 0 Å². The van der Waals surface area contributed by atoms with E-state index >= 15 is 0 Å². The first-order valence-electron chi connectivity index (χ1n) is 4.79. The Morgan fingerprint density at radius 3 is 3.07 bits per heavy atom. The maximum absolute atomic E-state index is 5.47. The van der Waals surface area contributed by atoms with Crippen molar-refractivity contribution in [3.05, 3.63) is 18.2 Å². The van der Waals surface area contributed by atoms with Gasteiger partial charge in [-0.3, -0.25) is 5.84 Å². The molecule has 80 valence electrons. The van der Waals surface area contributed by atoms with Crippen molar-refractivity contribution < 1.29 is 4.74 Å². The Morgan fingerprint density at radius 1 is 1.71 bits per heavy atom. The summed E-state index contributed by atoms with van der Waals surface area (Å²) in [4.78, 5) is 4.28. The molecule has 0 aliphatic heterocycles. The Kier molecular flexibility index (Phi) is 4.58. The summed E-state index contributed by atoms with van der Waals surface area (Å²) in [6.45, 7) is 3.65. The number of imidazole rings is 1. The predicted molar refractivity (Wildman–Crippen MR) is 54.5 cm³/mol. The zero-order chi connectivity index (χ0) is 10.4. The Hall–Kier alpha value is -0.910. The maximum Gasteiger partial charge on any atom is 0.127 e. The van der Waals surface area contributed by atoms with Gasteiger partial charge in [-0.1, -0.05) is 0 Å². The van der Waals surface area contributed by atoms with Crippen molar-refractivity contribution in [1.29, 1.82) is 0 Å². The molecule has 1 atom stereocenters. The number of rotatable bonds is 6. The van der Waals surface area contributed by atoms with Gasteiger partial charge in [-0.2, -0.15) is 0 Å². The first-order valence-corrected chi connectivity index (χ1v) is 4.79. The average Bonchev–Trinajstić information content (AvgIpc) is 2.67. The van der Waals surface area contributed by atoms with E-state index in [1.165, 1.54) is 0 Å². The van der Waals surface area contributed by atoms with Crippen molar-refractivity contribution in [2.24, 2.45) is 5.84 Å². The fourth-order valence-electron chi connectivity index (χ4n) is 1.42. The lowest BCUT2D eigenvalue weighted by Crippen LogP contribution is -2.31. The maximum atomic E-state index is 5.47. The van der Waals surface area contributed by atoms with Crippen LogP contribution in [0.3, 0.4) is 0 Å². The number of aromatic nitrogens is 2. The van der Waals surface area contributed by atoms with Gasteiger partial charge in [0.05, 0.1) is 6.04 Å². The summed E-state index contributed by atoms with van der Waals surface area (Å²) in [6, 6.07) is 0.0601. The zero-order valence-corrected chi connectivity index (χ0v) is 8.73. The Morgan fingerprint density at radius 2 is 2.50 bits per heavy atom. The van der Waals surface area contributed by atoms with Crippen LogP contribution in [0, 0.1) is 0 Å². The number of hydrazine groups is 1. The minimum atomic E-state index is 0.0601. The van der Waals surface area contributed by atoms with Crippen molar-refractivity contribution in [1.82, 2.24) is 15.0 Å². The summed E-state index contributed by atoms with van der Waals surface area (Å²) in [7, 11) is 1.68. The van der Waals surface area contributed by atoms with Crippen molar-refractivity contribution >= 4 is 0 Å². The monoisotopic (exact) mass is 198 g/mol. The van der Waals surface area contributed by atoms with Crippen molar-refractivity contribution in [3.8, 4) is 0 Å². The molecule has 1 aromatic heterocycles. The van der Waals surface area contributed by atoms with Crippen molar-refractivity contribution in [3.63, 3.8) is 0 Å². The number of hydrogen-bond donors (Lipinski definition) is 2. The first kappa shape index (κ1) is 11.2. The van der Waals surface area contributed by atoms with Gasteiger partial charge in [-0.25, -0.2) is 10.4 Å². The molecule has 0 spiro atoms. The lowest BCUT2D eigenvalue weighted by atomic mass is 10.2. The number of ether oxygens (including phenoxy) is 1. The fraction of sp³-hybridized carbons (Fsp3) is 0.667. The molecule has 1 unspecified atom stereocenters. The largest absolute Gasteiger partial charge is 0.385 e. The van der Waals surface area contributed by atoms with Crippen LogP contribution in [0.4, 0.5) is 0 Å². The number of aryl methyl sites for hydroxylation is 1. The first-order chi connectivity index (χ1) is 6.83. The lowest BCUT2D eigenvalue weighted by Gasteiger charge is -2.15. The van der Waals surface area contributed by atoms with Crippen LogP contribution >= 0.6 is 0 Å². The quantitative estimate of drug-likeness (QED) is 0.514. The summed E-state index contributed by atoms with van der Waals surface area (Å²) in [5.41, 5.74) is 2.75. The molecule has 3 N–H and O–H groups in total. The molecule has 0 saturated heterocycles. The number of nitrogens with one attached hydrogen (secondary N) is 1. The number of methoxy groups -OCH3 is 1. The predicted octanol–water partition coefficient (Wildman–Crippen LogP) is 0.444. The van der Waals surface area contributed by atoms with Crippen molar-refractivity contribution in [2.75, 3.05) is 13.7 Å². The molecule has 14 heavy (non-hydrogen) atoms. The lowest BCUT2D eigenvalue weighted by molar-refractivity contribution is 0.181. The molecule has 0 aliphatic rings. The van der Waals surface area contributed by atoms with Gasteiger partial charge in [-0.05, 0) is 13.3 Å². The van der Waals surface area contributed by atoms with E-state index in [9.17, 15) is 0 Å². The van der Waals surface area contributed by atoms with Crippen LogP contribution in [0.1, 0.15) is 25.2 Å². The highest BCUT2D eigenvalue weighted by molar-refractivity contribution is 4.98. The third kappa shape index (κ3) is 2.54. The van der Waals surface area contributed by atoms with Crippen LogP contribution < -0.4 is 11.3 Å². The van der Waals surface area contributed by atoms with E-state index in [-0.39, 0.29) is 6.04 Å². The van der Waals surface area contributed by atoms with Gasteiger partial charge in [0.25, 0.3) is 0 Å². The van der Waals surface area contributed by atoms with Gasteiger partial charge in [0.2, 0.25) is 0 Å². The van der Waals surface area contributed by atoms with Crippen LogP contribution in [-0.2, 0) is 11.3 Å². The van der Waals surface area contributed by atoms with E-state index in [4.69, 9.17) is 10.6 Å². The molecule has 1 aromatic rings. The molecule has 0 amide bonds. The molecule has 0 saturated carbocycles. The molecule has 0 fully saturated rings. The van der Waals surface area contributed by atoms with Gasteiger partial charge in [-0.15, -0.1) is 0 Å². The molecule has 1 heterocycles. The van der Waals surface area contributed by atoms with Crippen LogP contribution in [0.25, 0.3) is 0 Å². The summed E-state index contributed by atoms with van der Waals surface area (Å²) in [5, 5.41) is 0. The van der Waals surface area contributed by atoms with E-state index in [1.54, 1.807) is 13.3 Å². The van der Waals surface area contributed by atoms with Crippen LogP contribution in [0.15, 0.2) is 12.4 Å². The SMILES string of the molecule is CCn1ccnc1C(CCOC)NN. The van der Waals surface area contributed by atoms with Crippen LogP contribution in [-0.4, -0.2) is 23.3 Å². The molecule has 5 heteroatoms. The highest BCUT2D eigenvalue weighted by Gasteiger charge is 2.14. The average molecular weight is 198 g/mol.